The Kier molecular flexibility index (Phi) is 4.36. The van der Waals surface area contributed by atoms with Crippen LogP contribution < -0.4 is 19.1 Å². The lowest BCUT2D eigenvalue weighted by Gasteiger charge is -2.45. The molecule has 1 aromatic heterocycles. The first-order valence-electron chi connectivity index (χ1n) is 8.75. The molecular formula is C22H22N2O3. The molecule has 1 aliphatic rings. The van der Waals surface area contributed by atoms with Crippen molar-refractivity contribution < 1.29 is 14.2 Å². The zero-order valence-electron chi connectivity index (χ0n) is 15.7. The summed E-state index contributed by atoms with van der Waals surface area (Å²) in [4.78, 5) is 6.69. The largest absolute Gasteiger partial charge is 0.493 e. The van der Waals surface area contributed by atoms with Gasteiger partial charge in [0.1, 0.15) is 0 Å². The highest BCUT2D eigenvalue weighted by Crippen LogP contribution is 2.47. The number of methoxy groups -OCH3 is 3. The number of benzene rings is 2. The zero-order chi connectivity index (χ0) is 19.0. The molecule has 1 aliphatic heterocycles. The second kappa shape index (κ2) is 6.83. The average Bonchev–Trinajstić information content (AvgIpc) is 2.70. The minimum Gasteiger partial charge on any atom is -0.493 e. The first-order valence-corrected chi connectivity index (χ1v) is 8.75. The van der Waals surface area contributed by atoms with Gasteiger partial charge >= 0.3 is 0 Å². The molecule has 0 radical (unpaired) electrons. The molecule has 2 aromatic carbocycles. The maximum atomic E-state index is 5.50. The van der Waals surface area contributed by atoms with Gasteiger partial charge in [0.15, 0.2) is 11.5 Å². The van der Waals surface area contributed by atoms with Gasteiger partial charge in [-0.15, -0.1) is 0 Å². The Morgan fingerprint density at radius 1 is 1.00 bits per heavy atom. The van der Waals surface area contributed by atoms with Gasteiger partial charge in [0.2, 0.25) is 5.75 Å². The van der Waals surface area contributed by atoms with Crippen LogP contribution in [-0.4, -0.2) is 32.9 Å². The smallest absolute Gasteiger partial charge is 0.203 e. The molecule has 3 aromatic rings. The molecule has 27 heavy (non-hydrogen) atoms. The summed E-state index contributed by atoms with van der Waals surface area (Å²) >= 11 is 0. The summed E-state index contributed by atoms with van der Waals surface area (Å²) in [7, 11) is 4.87. The van der Waals surface area contributed by atoms with Crippen LogP contribution in [0.5, 0.6) is 17.2 Å². The number of hydrogen-bond donors (Lipinski definition) is 0. The summed E-state index contributed by atoms with van der Waals surface area (Å²) in [5, 5.41) is 1.12. The van der Waals surface area contributed by atoms with Crippen LogP contribution in [0.4, 0.5) is 5.69 Å². The summed E-state index contributed by atoms with van der Waals surface area (Å²) in [5.41, 5.74) is 4.37. The molecule has 5 heteroatoms. The van der Waals surface area contributed by atoms with E-state index in [1.807, 2.05) is 24.4 Å². The number of nitrogens with zero attached hydrogens (tertiary/aromatic N) is 2. The summed E-state index contributed by atoms with van der Waals surface area (Å²) in [6, 6.07) is 14.5. The number of fused-ring (bicyclic) bond motifs is 1. The first kappa shape index (κ1) is 17.2. The molecule has 1 atom stereocenters. The molecule has 2 heterocycles. The third-order valence-electron chi connectivity index (χ3n) is 5.00. The van der Waals surface area contributed by atoms with Crippen LogP contribution in [0, 0.1) is 0 Å². The number of anilines is 1. The van der Waals surface area contributed by atoms with Gasteiger partial charge in [-0.05, 0) is 29.3 Å². The summed E-state index contributed by atoms with van der Waals surface area (Å²) in [5.74, 6) is 1.88. The Hall–Kier alpha value is -3.21. The molecule has 0 aliphatic carbocycles. The highest BCUT2D eigenvalue weighted by Gasteiger charge is 2.34. The van der Waals surface area contributed by atoms with E-state index in [0.29, 0.717) is 17.2 Å². The fourth-order valence-electron chi connectivity index (χ4n) is 3.66. The molecular weight excluding hydrogens is 340 g/mol. The highest BCUT2D eigenvalue weighted by molar-refractivity contribution is 5.80. The van der Waals surface area contributed by atoms with Gasteiger partial charge in [-0.2, -0.15) is 0 Å². The topological polar surface area (TPSA) is 43.8 Å². The summed E-state index contributed by atoms with van der Waals surface area (Å²) < 4.78 is 16.4. The fraction of sp³-hybridized carbons (Fsp3) is 0.227. The molecule has 0 saturated carbocycles. The molecule has 1 unspecified atom stereocenters. The SMILES string of the molecule is C=C1CN(c2cc(OC)c(OC)c(OC)c2)C1c1ccc2ncccc2c1. The van der Waals surface area contributed by atoms with E-state index < -0.39 is 0 Å². The number of pyridine rings is 1. The second-order valence-electron chi connectivity index (χ2n) is 6.53. The first-order chi connectivity index (χ1) is 13.2. The van der Waals surface area contributed by atoms with Crippen LogP contribution >= 0.6 is 0 Å². The molecule has 4 rings (SSSR count). The third kappa shape index (κ3) is 2.85. The standard InChI is InChI=1S/C22H22N2O3/c1-14-13-24(17-11-19(25-2)22(27-4)20(12-17)26-3)21(14)16-7-8-18-15(10-16)6-5-9-23-18/h5-12,21H,1,13H2,2-4H3. The quantitative estimate of drug-likeness (QED) is 0.630. The van der Waals surface area contributed by atoms with E-state index in [1.54, 1.807) is 21.3 Å². The molecule has 5 nitrogen and oxygen atoms in total. The lowest BCUT2D eigenvalue weighted by Crippen LogP contribution is -2.43. The maximum Gasteiger partial charge on any atom is 0.203 e. The number of rotatable bonds is 5. The van der Waals surface area contributed by atoms with Gasteiger partial charge < -0.3 is 19.1 Å². The zero-order valence-corrected chi connectivity index (χ0v) is 15.7. The van der Waals surface area contributed by atoms with Gasteiger partial charge in [-0.25, -0.2) is 0 Å². The molecule has 138 valence electrons. The van der Waals surface area contributed by atoms with Crippen LogP contribution in [0.15, 0.2) is 60.8 Å². The number of hydrogen-bond acceptors (Lipinski definition) is 5. The second-order valence-corrected chi connectivity index (χ2v) is 6.53. The minimum absolute atomic E-state index is 0.109. The summed E-state index contributed by atoms with van der Waals surface area (Å²) in [6.45, 7) is 5.03. The van der Waals surface area contributed by atoms with Crippen molar-refractivity contribution in [3.8, 4) is 17.2 Å². The molecule has 0 amide bonds. The molecule has 1 fully saturated rings. The average molecular weight is 362 g/mol. The Balaban J connectivity index is 1.74. The van der Waals surface area contributed by atoms with Crippen molar-refractivity contribution in [1.29, 1.82) is 0 Å². The minimum atomic E-state index is 0.109. The van der Waals surface area contributed by atoms with E-state index >= 15 is 0 Å². The van der Waals surface area contributed by atoms with Crippen LogP contribution in [0.25, 0.3) is 10.9 Å². The van der Waals surface area contributed by atoms with Crippen LogP contribution in [0.2, 0.25) is 0 Å². The maximum absolute atomic E-state index is 5.50. The molecule has 1 saturated heterocycles. The van der Waals surface area contributed by atoms with E-state index in [9.17, 15) is 0 Å². The van der Waals surface area contributed by atoms with Gasteiger partial charge in [-0.1, -0.05) is 18.7 Å². The van der Waals surface area contributed by atoms with Gasteiger partial charge in [-0.3, -0.25) is 4.98 Å². The fourth-order valence-corrected chi connectivity index (χ4v) is 3.66. The Morgan fingerprint density at radius 2 is 1.74 bits per heavy atom. The van der Waals surface area contributed by atoms with Crippen molar-refractivity contribution >= 4 is 16.6 Å². The Bertz CT molecular complexity index is 990. The molecule has 0 N–H and O–H groups in total. The molecule has 0 bridgehead atoms. The van der Waals surface area contributed by atoms with Crippen molar-refractivity contribution in [3.05, 3.63) is 66.4 Å². The highest BCUT2D eigenvalue weighted by atomic mass is 16.5. The Labute approximate surface area is 158 Å². The van der Waals surface area contributed by atoms with Crippen LogP contribution in [0.1, 0.15) is 11.6 Å². The number of aromatic nitrogens is 1. The molecule has 0 spiro atoms. The van der Waals surface area contributed by atoms with Crippen molar-refractivity contribution in [2.75, 3.05) is 32.8 Å². The lowest BCUT2D eigenvalue weighted by molar-refractivity contribution is 0.324. The third-order valence-corrected chi connectivity index (χ3v) is 5.00. The summed E-state index contributed by atoms with van der Waals surface area (Å²) in [6.07, 6.45) is 1.81. The lowest BCUT2D eigenvalue weighted by atomic mass is 9.88. The number of ether oxygens (including phenoxy) is 3. The Morgan fingerprint density at radius 3 is 2.37 bits per heavy atom. The predicted molar refractivity (Wildman–Crippen MR) is 107 cm³/mol. The van der Waals surface area contributed by atoms with E-state index in [0.717, 1.165) is 23.1 Å². The monoisotopic (exact) mass is 362 g/mol. The van der Waals surface area contributed by atoms with E-state index in [4.69, 9.17) is 14.2 Å². The van der Waals surface area contributed by atoms with E-state index in [-0.39, 0.29) is 6.04 Å². The van der Waals surface area contributed by atoms with E-state index in [1.165, 1.54) is 11.1 Å². The normalized spacial score (nSPS) is 16.2. The van der Waals surface area contributed by atoms with Crippen molar-refractivity contribution in [1.82, 2.24) is 4.98 Å². The van der Waals surface area contributed by atoms with Gasteiger partial charge in [0.05, 0.1) is 32.9 Å². The van der Waals surface area contributed by atoms with Crippen molar-refractivity contribution in [2.45, 2.75) is 6.04 Å². The van der Waals surface area contributed by atoms with E-state index in [2.05, 4.69) is 40.7 Å². The van der Waals surface area contributed by atoms with Gasteiger partial charge in [0.25, 0.3) is 0 Å². The van der Waals surface area contributed by atoms with Crippen LogP contribution in [-0.2, 0) is 0 Å². The van der Waals surface area contributed by atoms with Gasteiger partial charge in [0, 0.05) is 35.9 Å². The van der Waals surface area contributed by atoms with Crippen LogP contribution in [0.3, 0.4) is 0 Å². The van der Waals surface area contributed by atoms with Crippen molar-refractivity contribution in [3.63, 3.8) is 0 Å². The predicted octanol–water partition coefficient (Wildman–Crippen LogP) is 4.38. The van der Waals surface area contributed by atoms with Crippen molar-refractivity contribution in [2.24, 2.45) is 0 Å².